The Morgan fingerprint density at radius 1 is 1.36 bits per heavy atom. The highest BCUT2D eigenvalue weighted by atomic mass is 16.5. The summed E-state index contributed by atoms with van der Waals surface area (Å²) >= 11 is 0. The van der Waals surface area contributed by atoms with Crippen molar-refractivity contribution in [3.8, 4) is 0 Å². The van der Waals surface area contributed by atoms with Crippen LogP contribution in [0.1, 0.15) is 45.0 Å². The first kappa shape index (κ1) is 16.8. The lowest BCUT2D eigenvalue weighted by molar-refractivity contribution is -0.163. The van der Waals surface area contributed by atoms with Crippen LogP contribution in [0.5, 0.6) is 0 Å². The van der Waals surface area contributed by atoms with E-state index in [1.807, 2.05) is 13.8 Å². The summed E-state index contributed by atoms with van der Waals surface area (Å²) in [5, 5.41) is 13.0. The highest BCUT2D eigenvalue weighted by Gasteiger charge is 2.58. The number of rotatable bonds is 5. The molecular weight excluding hydrogens is 280 g/mol. The number of hydrogen-bond donors (Lipinski definition) is 3. The van der Waals surface area contributed by atoms with E-state index in [1.165, 1.54) is 0 Å². The lowest BCUT2D eigenvalue weighted by atomic mass is 9.53. The molecule has 6 heteroatoms. The van der Waals surface area contributed by atoms with Gasteiger partial charge in [-0.15, -0.1) is 0 Å². The third-order valence-corrected chi connectivity index (χ3v) is 5.41. The van der Waals surface area contributed by atoms with Crippen LogP contribution < -0.4 is 10.6 Å². The molecule has 1 fully saturated rings. The van der Waals surface area contributed by atoms with Gasteiger partial charge < -0.3 is 15.4 Å². The van der Waals surface area contributed by atoms with Crippen molar-refractivity contribution in [2.24, 2.45) is 11.3 Å². The summed E-state index contributed by atoms with van der Waals surface area (Å²) in [6.45, 7) is 10.2. The largest absolute Gasteiger partial charge is 0.380 e. The lowest BCUT2D eigenvalue weighted by Gasteiger charge is -2.59. The van der Waals surface area contributed by atoms with Crippen LogP contribution in [0.4, 0.5) is 10.5 Å². The zero-order valence-electron chi connectivity index (χ0n) is 14.4. The highest BCUT2D eigenvalue weighted by molar-refractivity contribution is 5.90. The molecule has 3 N–H and O–H groups in total. The molecule has 2 amide bonds. The number of anilines is 1. The van der Waals surface area contributed by atoms with E-state index >= 15 is 0 Å². The average Bonchev–Trinajstić information content (AvgIpc) is 2.81. The number of aryl methyl sites for hydroxylation is 2. The Bertz CT molecular complexity index is 517. The predicted molar refractivity (Wildman–Crippen MR) is 87.0 cm³/mol. The van der Waals surface area contributed by atoms with Crippen LogP contribution >= 0.6 is 0 Å². The van der Waals surface area contributed by atoms with Gasteiger partial charge in [-0.25, -0.2) is 4.79 Å². The fourth-order valence-corrected chi connectivity index (χ4v) is 4.12. The molecule has 3 atom stereocenters. The van der Waals surface area contributed by atoms with Crippen LogP contribution in [0.25, 0.3) is 0 Å². The van der Waals surface area contributed by atoms with Crippen molar-refractivity contribution in [1.82, 2.24) is 15.5 Å². The zero-order chi connectivity index (χ0) is 16.5. The number of urea groups is 1. The number of hydrogen-bond acceptors (Lipinski definition) is 3. The second-order valence-electron chi connectivity index (χ2n) is 6.34. The number of aromatic nitrogens is 2. The second kappa shape index (κ2) is 6.28. The topological polar surface area (TPSA) is 79.0 Å². The third kappa shape index (κ3) is 2.49. The number of aromatic amines is 1. The van der Waals surface area contributed by atoms with Gasteiger partial charge in [0, 0.05) is 24.5 Å². The van der Waals surface area contributed by atoms with Crippen LogP contribution in [0.3, 0.4) is 0 Å². The van der Waals surface area contributed by atoms with Crippen molar-refractivity contribution in [3.63, 3.8) is 0 Å². The minimum absolute atomic E-state index is 0.0198. The maximum absolute atomic E-state index is 12.4. The maximum Gasteiger partial charge on any atom is 0.319 e. The van der Waals surface area contributed by atoms with Crippen molar-refractivity contribution in [1.29, 1.82) is 0 Å². The summed E-state index contributed by atoms with van der Waals surface area (Å²) in [5.41, 5.74) is 2.43. The Hall–Kier alpha value is -1.56. The molecule has 0 saturated heterocycles. The van der Waals surface area contributed by atoms with Crippen molar-refractivity contribution < 1.29 is 9.53 Å². The average molecular weight is 308 g/mol. The van der Waals surface area contributed by atoms with E-state index in [2.05, 4.69) is 41.6 Å². The lowest BCUT2D eigenvalue weighted by Crippen LogP contribution is -2.70. The van der Waals surface area contributed by atoms with Crippen LogP contribution in [-0.2, 0) is 4.74 Å². The van der Waals surface area contributed by atoms with E-state index in [4.69, 9.17) is 4.74 Å². The molecule has 22 heavy (non-hydrogen) atoms. The van der Waals surface area contributed by atoms with E-state index in [-0.39, 0.29) is 23.6 Å². The van der Waals surface area contributed by atoms with Crippen LogP contribution in [-0.4, -0.2) is 35.5 Å². The number of ether oxygens (including phenoxy) is 1. The Kier molecular flexibility index (Phi) is 4.80. The zero-order valence-corrected chi connectivity index (χ0v) is 14.4. The summed E-state index contributed by atoms with van der Waals surface area (Å²) < 4.78 is 5.67. The van der Waals surface area contributed by atoms with Crippen LogP contribution in [0.2, 0.25) is 0 Å². The van der Waals surface area contributed by atoms with Gasteiger partial charge in [0.1, 0.15) is 0 Å². The van der Waals surface area contributed by atoms with Gasteiger partial charge in [0.25, 0.3) is 0 Å². The van der Waals surface area contributed by atoms with E-state index < -0.39 is 0 Å². The Balaban J connectivity index is 2.08. The standard InChI is InChI=1S/C16H28N4O2/c1-7-16(8-2)13(9(3)14(16)22-6)18-15(21)17-12-10(4)19-20-11(12)5/h9,13-14H,7-8H2,1-6H3,(H,19,20)(H2,17,18,21)/t9-,13-,14-/m1/s1. The molecule has 6 nitrogen and oxygen atoms in total. The van der Waals surface area contributed by atoms with Gasteiger partial charge in [-0.1, -0.05) is 20.8 Å². The maximum atomic E-state index is 12.4. The van der Waals surface area contributed by atoms with Gasteiger partial charge in [0.2, 0.25) is 0 Å². The summed E-state index contributed by atoms with van der Waals surface area (Å²) in [7, 11) is 1.76. The number of H-pyrrole nitrogens is 1. The van der Waals surface area contributed by atoms with E-state index in [9.17, 15) is 4.79 Å². The first-order valence-electron chi connectivity index (χ1n) is 8.03. The predicted octanol–water partition coefficient (Wildman–Crippen LogP) is 2.99. The van der Waals surface area contributed by atoms with Crippen molar-refractivity contribution >= 4 is 11.7 Å². The van der Waals surface area contributed by atoms with Gasteiger partial charge in [0.05, 0.1) is 23.2 Å². The van der Waals surface area contributed by atoms with Gasteiger partial charge in [0.15, 0.2) is 0 Å². The highest BCUT2D eigenvalue weighted by Crippen LogP contribution is 2.52. The molecule has 1 aliphatic carbocycles. The Morgan fingerprint density at radius 3 is 2.45 bits per heavy atom. The van der Waals surface area contributed by atoms with E-state index in [1.54, 1.807) is 7.11 Å². The monoisotopic (exact) mass is 308 g/mol. The third-order valence-electron chi connectivity index (χ3n) is 5.41. The van der Waals surface area contributed by atoms with Crippen molar-refractivity contribution in [2.75, 3.05) is 12.4 Å². The molecule has 0 spiro atoms. The fraction of sp³-hybridized carbons (Fsp3) is 0.750. The van der Waals surface area contributed by atoms with Gasteiger partial charge in [-0.2, -0.15) is 5.10 Å². The van der Waals surface area contributed by atoms with Crippen molar-refractivity contribution in [2.45, 2.75) is 59.6 Å². The Morgan fingerprint density at radius 2 is 2.00 bits per heavy atom. The molecular formula is C16H28N4O2. The number of methoxy groups -OCH3 is 1. The summed E-state index contributed by atoms with van der Waals surface area (Å²) in [4.78, 5) is 12.4. The molecule has 0 bridgehead atoms. The van der Waals surface area contributed by atoms with Crippen LogP contribution in [0, 0.1) is 25.2 Å². The number of carbonyl (C=O) groups is 1. The Labute approximate surface area is 132 Å². The number of nitrogens with zero attached hydrogens (tertiary/aromatic N) is 1. The molecule has 0 aromatic carbocycles. The summed E-state index contributed by atoms with van der Waals surface area (Å²) in [6.07, 6.45) is 2.17. The normalized spacial score (nSPS) is 26.4. The van der Waals surface area contributed by atoms with Crippen LogP contribution in [0.15, 0.2) is 0 Å². The first-order chi connectivity index (χ1) is 10.4. The minimum Gasteiger partial charge on any atom is -0.380 e. The second-order valence-corrected chi connectivity index (χ2v) is 6.34. The molecule has 0 aliphatic heterocycles. The minimum atomic E-state index is -0.176. The molecule has 124 valence electrons. The van der Waals surface area contributed by atoms with Gasteiger partial charge in [-0.3, -0.25) is 5.10 Å². The quantitative estimate of drug-likeness (QED) is 0.782. The van der Waals surface area contributed by atoms with E-state index in [0.29, 0.717) is 5.92 Å². The number of amides is 2. The fourth-order valence-electron chi connectivity index (χ4n) is 4.12. The molecule has 1 aromatic rings. The molecule has 0 unspecified atom stereocenters. The molecule has 1 aliphatic rings. The van der Waals surface area contributed by atoms with Gasteiger partial charge in [-0.05, 0) is 26.7 Å². The van der Waals surface area contributed by atoms with Gasteiger partial charge >= 0.3 is 6.03 Å². The number of nitrogens with one attached hydrogen (secondary N) is 3. The summed E-state index contributed by atoms with van der Waals surface area (Å²) in [5.74, 6) is 0.308. The molecule has 1 saturated carbocycles. The smallest absolute Gasteiger partial charge is 0.319 e. The number of carbonyl (C=O) groups excluding carboxylic acids is 1. The molecule has 0 radical (unpaired) electrons. The summed E-state index contributed by atoms with van der Waals surface area (Å²) in [6, 6.07) is -0.0507. The SMILES string of the molecule is CCC1(CC)[C@H](NC(=O)Nc2c(C)n[nH]c2C)[C@@H](C)[C@H]1OC. The van der Waals surface area contributed by atoms with E-state index in [0.717, 1.165) is 29.9 Å². The molecule has 2 rings (SSSR count). The molecule has 1 aromatic heterocycles. The first-order valence-corrected chi connectivity index (χ1v) is 8.03. The van der Waals surface area contributed by atoms with Crippen molar-refractivity contribution in [3.05, 3.63) is 11.4 Å². The molecule has 1 heterocycles.